The summed E-state index contributed by atoms with van der Waals surface area (Å²) in [5, 5.41) is 14.4. The Bertz CT molecular complexity index is 728. The molecule has 2 aromatic rings. The van der Waals surface area contributed by atoms with Gasteiger partial charge in [0.25, 0.3) is 0 Å². The molecule has 2 N–H and O–H groups in total. The maximum Gasteiger partial charge on any atom is 0.319 e. The maximum atomic E-state index is 12.9. The summed E-state index contributed by atoms with van der Waals surface area (Å²) in [4.78, 5) is 13.0. The smallest absolute Gasteiger partial charge is 0.319 e. The minimum absolute atomic E-state index is 0.0599. The molecular formula is C18H18FN3OS. The maximum absolute atomic E-state index is 12.9. The molecule has 0 heterocycles. The minimum atomic E-state index is -0.333. The number of hydrogen-bond acceptors (Lipinski definition) is 3. The quantitative estimate of drug-likeness (QED) is 0.764. The number of nitrogens with zero attached hydrogens (tertiary/aromatic N) is 1. The summed E-state index contributed by atoms with van der Waals surface area (Å²) in [7, 11) is 0. The summed E-state index contributed by atoms with van der Waals surface area (Å²) < 4.78 is 12.9. The molecule has 0 aromatic heterocycles. The third-order valence-electron chi connectivity index (χ3n) is 3.21. The van der Waals surface area contributed by atoms with Crippen molar-refractivity contribution >= 4 is 23.5 Å². The van der Waals surface area contributed by atoms with E-state index in [9.17, 15) is 9.18 Å². The average molecular weight is 343 g/mol. The molecule has 2 aromatic carbocycles. The number of halogens is 1. The topological polar surface area (TPSA) is 64.9 Å². The number of carbonyl (C=O) groups excluding carboxylic acids is 1. The average Bonchev–Trinajstić information content (AvgIpc) is 2.60. The molecule has 124 valence electrons. The zero-order valence-corrected chi connectivity index (χ0v) is 14.1. The zero-order chi connectivity index (χ0) is 17.4. The van der Waals surface area contributed by atoms with Crippen LogP contribution in [-0.2, 0) is 6.54 Å². The van der Waals surface area contributed by atoms with Crippen molar-refractivity contribution in [1.29, 1.82) is 5.26 Å². The molecule has 2 amide bonds. The van der Waals surface area contributed by atoms with E-state index in [4.69, 9.17) is 5.26 Å². The molecule has 0 aliphatic rings. The van der Waals surface area contributed by atoms with Crippen LogP contribution in [-0.4, -0.2) is 11.8 Å². The fourth-order valence-electron chi connectivity index (χ4n) is 1.90. The lowest BCUT2D eigenvalue weighted by Crippen LogP contribution is -2.28. The van der Waals surface area contributed by atoms with Crippen LogP contribution in [0.25, 0.3) is 0 Å². The van der Waals surface area contributed by atoms with E-state index in [1.165, 1.54) is 23.9 Å². The van der Waals surface area contributed by atoms with E-state index >= 15 is 0 Å². The number of urea groups is 1. The van der Waals surface area contributed by atoms with Crippen molar-refractivity contribution in [3.05, 3.63) is 59.9 Å². The lowest BCUT2D eigenvalue weighted by atomic mass is 10.2. The van der Waals surface area contributed by atoms with Gasteiger partial charge in [-0.1, -0.05) is 24.3 Å². The van der Waals surface area contributed by atoms with Crippen molar-refractivity contribution in [3.8, 4) is 6.07 Å². The Morgan fingerprint density at radius 2 is 1.96 bits per heavy atom. The molecule has 2 rings (SSSR count). The zero-order valence-electron chi connectivity index (χ0n) is 13.3. The molecule has 1 atom stereocenters. The Labute approximate surface area is 145 Å². The highest BCUT2D eigenvalue weighted by molar-refractivity contribution is 7.99. The minimum Gasteiger partial charge on any atom is -0.334 e. The number of nitrogens with one attached hydrogen (secondary N) is 2. The largest absolute Gasteiger partial charge is 0.334 e. The molecule has 0 aliphatic heterocycles. The monoisotopic (exact) mass is 343 g/mol. The van der Waals surface area contributed by atoms with E-state index < -0.39 is 0 Å². The van der Waals surface area contributed by atoms with E-state index in [1.807, 2.05) is 31.2 Å². The predicted octanol–water partition coefficient (Wildman–Crippen LogP) is 4.40. The lowest BCUT2D eigenvalue weighted by molar-refractivity contribution is 0.251. The number of carbonyl (C=O) groups is 1. The Kier molecular flexibility index (Phi) is 6.64. The van der Waals surface area contributed by atoms with Gasteiger partial charge in [-0.15, -0.1) is 11.8 Å². The molecule has 0 saturated heterocycles. The second kappa shape index (κ2) is 8.94. The van der Waals surface area contributed by atoms with Crippen molar-refractivity contribution in [3.63, 3.8) is 0 Å². The molecular weight excluding hydrogens is 325 g/mol. The Morgan fingerprint density at radius 3 is 2.67 bits per heavy atom. The van der Waals surface area contributed by atoms with Crippen molar-refractivity contribution in [2.24, 2.45) is 5.92 Å². The van der Waals surface area contributed by atoms with E-state index in [0.29, 0.717) is 18.0 Å². The number of para-hydroxylation sites is 1. The number of amides is 2. The van der Waals surface area contributed by atoms with Gasteiger partial charge in [-0.25, -0.2) is 9.18 Å². The van der Waals surface area contributed by atoms with Gasteiger partial charge in [-0.05, 0) is 36.8 Å². The standard InChI is InChI=1S/C18H18FN3OS/c1-13(10-20)12-24-17-5-3-2-4-16(17)22-18(23)21-11-14-6-8-15(19)9-7-14/h2-9,13H,11-12H2,1H3,(H2,21,22,23). The van der Waals surface area contributed by atoms with Crippen LogP contribution < -0.4 is 10.6 Å². The SMILES string of the molecule is CC(C#N)CSc1ccccc1NC(=O)NCc1ccc(F)cc1. The van der Waals surface area contributed by atoms with Gasteiger partial charge < -0.3 is 10.6 Å². The first-order chi connectivity index (χ1) is 11.6. The first kappa shape index (κ1) is 17.8. The van der Waals surface area contributed by atoms with Gasteiger partial charge in [0.15, 0.2) is 0 Å². The summed E-state index contributed by atoms with van der Waals surface area (Å²) in [6.07, 6.45) is 0. The third-order valence-corrected chi connectivity index (χ3v) is 4.54. The van der Waals surface area contributed by atoms with Crippen LogP contribution in [0.3, 0.4) is 0 Å². The molecule has 0 aliphatic carbocycles. The van der Waals surface area contributed by atoms with Crippen LogP contribution in [0.2, 0.25) is 0 Å². The van der Waals surface area contributed by atoms with E-state index in [1.54, 1.807) is 12.1 Å². The summed E-state index contributed by atoms with van der Waals surface area (Å²) >= 11 is 1.53. The first-order valence-corrected chi connectivity index (χ1v) is 8.48. The summed E-state index contributed by atoms with van der Waals surface area (Å²) in [6, 6.07) is 15.3. The molecule has 0 bridgehead atoms. The van der Waals surface area contributed by atoms with Crippen molar-refractivity contribution < 1.29 is 9.18 Å². The normalized spacial score (nSPS) is 11.4. The van der Waals surface area contributed by atoms with Crippen LogP contribution in [0.15, 0.2) is 53.4 Å². The Hall–Kier alpha value is -2.52. The predicted molar refractivity (Wildman–Crippen MR) is 94.2 cm³/mol. The highest BCUT2D eigenvalue weighted by Crippen LogP contribution is 2.28. The van der Waals surface area contributed by atoms with Gasteiger partial charge >= 0.3 is 6.03 Å². The van der Waals surface area contributed by atoms with E-state index in [0.717, 1.165) is 10.5 Å². The fraction of sp³-hybridized carbons (Fsp3) is 0.222. The van der Waals surface area contributed by atoms with Crippen molar-refractivity contribution in [2.75, 3.05) is 11.1 Å². The van der Waals surface area contributed by atoms with E-state index in [2.05, 4.69) is 16.7 Å². The van der Waals surface area contributed by atoms with Gasteiger partial charge in [0, 0.05) is 17.2 Å². The Balaban J connectivity index is 1.91. The summed E-state index contributed by atoms with van der Waals surface area (Å²) in [5.74, 6) is 0.294. The molecule has 0 saturated carbocycles. The highest BCUT2D eigenvalue weighted by Gasteiger charge is 2.08. The van der Waals surface area contributed by atoms with Crippen LogP contribution in [0.4, 0.5) is 14.9 Å². The number of nitriles is 1. The second-order valence-electron chi connectivity index (χ2n) is 5.27. The lowest BCUT2D eigenvalue weighted by Gasteiger charge is -2.12. The second-order valence-corrected chi connectivity index (χ2v) is 6.33. The van der Waals surface area contributed by atoms with Gasteiger partial charge in [0.2, 0.25) is 0 Å². The van der Waals surface area contributed by atoms with Gasteiger partial charge in [0.1, 0.15) is 5.82 Å². The number of rotatable bonds is 6. The number of anilines is 1. The molecule has 0 radical (unpaired) electrons. The molecule has 0 fully saturated rings. The van der Waals surface area contributed by atoms with Gasteiger partial charge in [-0.3, -0.25) is 0 Å². The number of hydrogen-bond donors (Lipinski definition) is 2. The molecule has 4 nitrogen and oxygen atoms in total. The first-order valence-electron chi connectivity index (χ1n) is 7.49. The van der Waals surface area contributed by atoms with Crippen molar-refractivity contribution in [1.82, 2.24) is 5.32 Å². The Morgan fingerprint density at radius 1 is 1.25 bits per heavy atom. The molecule has 0 spiro atoms. The molecule has 1 unspecified atom stereocenters. The fourth-order valence-corrected chi connectivity index (χ4v) is 2.85. The summed E-state index contributed by atoms with van der Waals surface area (Å²) in [5.41, 5.74) is 1.52. The van der Waals surface area contributed by atoms with Crippen LogP contribution in [0.5, 0.6) is 0 Å². The van der Waals surface area contributed by atoms with Gasteiger partial charge in [0.05, 0.1) is 17.7 Å². The molecule has 6 heteroatoms. The van der Waals surface area contributed by atoms with E-state index in [-0.39, 0.29) is 17.8 Å². The summed E-state index contributed by atoms with van der Waals surface area (Å²) in [6.45, 7) is 2.17. The number of thioether (sulfide) groups is 1. The van der Waals surface area contributed by atoms with Crippen LogP contribution >= 0.6 is 11.8 Å². The highest BCUT2D eigenvalue weighted by atomic mass is 32.2. The van der Waals surface area contributed by atoms with Crippen molar-refractivity contribution in [2.45, 2.75) is 18.4 Å². The van der Waals surface area contributed by atoms with Gasteiger partial charge in [-0.2, -0.15) is 5.26 Å². The number of benzene rings is 2. The van der Waals surface area contributed by atoms with Crippen LogP contribution in [0, 0.1) is 23.1 Å². The van der Waals surface area contributed by atoms with Crippen LogP contribution in [0.1, 0.15) is 12.5 Å². The third kappa shape index (κ3) is 5.60. The molecule has 24 heavy (non-hydrogen) atoms.